The molecule has 0 radical (unpaired) electrons. The van der Waals surface area contributed by atoms with Crippen LogP contribution >= 0.6 is 11.6 Å². The van der Waals surface area contributed by atoms with E-state index in [-0.39, 0.29) is 23.1 Å². The third-order valence-electron chi connectivity index (χ3n) is 4.83. The monoisotopic (exact) mass is 403 g/mol. The second-order valence-electron chi connectivity index (χ2n) is 6.74. The van der Waals surface area contributed by atoms with E-state index >= 15 is 0 Å². The molecule has 1 atom stereocenters. The van der Waals surface area contributed by atoms with E-state index in [1.807, 2.05) is 23.1 Å². The first kappa shape index (κ1) is 19.9. The number of halogens is 1. The highest BCUT2D eigenvalue weighted by molar-refractivity contribution is 6.32. The van der Waals surface area contributed by atoms with Crippen molar-refractivity contribution in [2.45, 2.75) is 12.8 Å². The summed E-state index contributed by atoms with van der Waals surface area (Å²) in [7, 11) is 1.50. The number of nitro benzene ring substituents is 1. The number of para-hydroxylation sites is 1. The molecular formula is C20H22ClN3O4. The van der Waals surface area contributed by atoms with Crippen molar-refractivity contribution >= 4 is 28.9 Å². The number of rotatable bonds is 6. The van der Waals surface area contributed by atoms with Gasteiger partial charge in [0.05, 0.1) is 16.6 Å². The molecule has 0 aliphatic carbocycles. The zero-order valence-electron chi connectivity index (χ0n) is 15.6. The maximum absolute atomic E-state index is 11.8. The largest absolute Gasteiger partial charge is 0.492 e. The van der Waals surface area contributed by atoms with Crippen molar-refractivity contribution < 1.29 is 14.5 Å². The zero-order chi connectivity index (χ0) is 20.1. The van der Waals surface area contributed by atoms with Gasteiger partial charge in [0, 0.05) is 37.7 Å². The fourth-order valence-corrected chi connectivity index (χ4v) is 3.60. The second kappa shape index (κ2) is 8.93. The smallest absolute Gasteiger partial charge is 0.293 e. The third-order valence-corrected chi connectivity index (χ3v) is 5.14. The van der Waals surface area contributed by atoms with E-state index in [1.165, 1.54) is 13.1 Å². The Labute approximate surface area is 168 Å². The lowest BCUT2D eigenvalue weighted by Gasteiger charge is -2.34. The molecule has 8 heteroatoms. The number of amides is 1. The summed E-state index contributed by atoms with van der Waals surface area (Å²) in [5.41, 5.74) is 0.738. The summed E-state index contributed by atoms with van der Waals surface area (Å²) in [4.78, 5) is 24.9. The molecule has 1 aliphatic rings. The van der Waals surface area contributed by atoms with Gasteiger partial charge in [0.2, 0.25) is 0 Å². The van der Waals surface area contributed by atoms with E-state index < -0.39 is 4.92 Å². The van der Waals surface area contributed by atoms with Gasteiger partial charge < -0.3 is 15.0 Å². The summed E-state index contributed by atoms with van der Waals surface area (Å²) in [5.74, 6) is 0.518. The van der Waals surface area contributed by atoms with Gasteiger partial charge in [-0.15, -0.1) is 0 Å². The number of carbonyl (C=O) groups is 1. The number of ether oxygens (including phenoxy) is 1. The molecule has 0 spiro atoms. The van der Waals surface area contributed by atoms with Crippen molar-refractivity contribution in [3.63, 3.8) is 0 Å². The highest BCUT2D eigenvalue weighted by Gasteiger charge is 2.27. The Morgan fingerprint density at radius 3 is 2.86 bits per heavy atom. The van der Waals surface area contributed by atoms with Gasteiger partial charge in [-0.05, 0) is 37.1 Å². The average Bonchev–Trinajstić information content (AvgIpc) is 2.72. The first-order valence-corrected chi connectivity index (χ1v) is 9.50. The molecule has 1 heterocycles. The molecule has 2 aromatic carbocycles. The molecule has 1 fully saturated rings. The maximum atomic E-state index is 11.8. The summed E-state index contributed by atoms with van der Waals surface area (Å²) in [6.45, 7) is 1.86. The van der Waals surface area contributed by atoms with Gasteiger partial charge >= 0.3 is 0 Å². The quantitative estimate of drug-likeness (QED) is 0.584. The van der Waals surface area contributed by atoms with Crippen LogP contribution in [0, 0.1) is 16.0 Å². The molecule has 1 N–H and O–H groups in total. The molecule has 1 unspecified atom stereocenters. The maximum Gasteiger partial charge on any atom is 0.293 e. The van der Waals surface area contributed by atoms with Crippen LogP contribution in [0.15, 0.2) is 42.5 Å². The predicted molar refractivity (Wildman–Crippen MR) is 108 cm³/mol. The Balaban J connectivity index is 1.73. The number of anilines is 1. The number of piperidine rings is 1. The van der Waals surface area contributed by atoms with Crippen LogP contribution in [0.3, 0.4) is 0 Å². The molecule has 148 valence electrons. The number of nitrogens with one attached hydrogen (secondary N) is 1. The number of nitro groups is 1. The van der Waals surface area contributed by atoms with Gasteiger partial charge in [-0.3, -0.25) is 14.9 Å². The summed E-state index contributed by atoms with van der Waals surface area (Å²) < 4.78 is 5.86. The van der Waals surface area contributed by atoms with Gasteiger partial charge in [-0.2, -0.15) is 0 Å². The minimum Gasteiger partial charge on any atom is -0.492 e. The van der Waals surface area contributed by atoms with Gasteiger partial charge in [-0.25, -0.2) is 0 Å². The third kappa shape index (κ3) is 4.54. The van der Waals surface area contributed by atoms with Crippen LogP contribution in [-0.2, 0) is 0 Å². The lowest BCUT2D eigenvalue weighted by Crippen LogP contribution is -2.38. The van der Waals surface area contributed by atoms with E-state index in [9.17, 15) is 14.9 Å². The molecule has 0 bridgehead atoms. The fraction of sp³-hybridized carbons (Fsp3) is 0.350. The van der Waals surface area contributed by atoms with Crippen LogP contribution in [0.1, 0.15) is 23.2 Å². The van der Waals surface area contributed by atoms with Crippen LogP contribution in [0.25, 0.3) is 0 Å². The van der Waals surface area contributed by atoms with Gasteiger partial charge in [0.1, 0.15) is 11.4 Å². The lowest BCUT2D eigenvalue weighted by molar-refractivity contribution is -0.384. The summed E-state index contributed by atoms with van der Waals surface area (Å²) in [6, 6.07) is 11.9. The van der Waals surface area contributed by atoms with Gasteiger partial charge in [-0.1, -0.05) is 23.7 Å². The number of nitrogens with zero attached hydrogens (tertiary/aromatic N) is 2. The number of hydrogen-bond acceptors (Lipinski definition) is 5. The second-order valence-corrected chi connectivity index (χ2v) is 7.14. The summed E-state index contributed by atoms with van der Waals surface area (Å²) >= 11 is 6.13. The number of carbonyl (C=O) groups excluding carboxylic acids is 1. The Morgan fingerprint density at radius 1 is 1.36 bits per heavy atom. The standard InChI is InChI=1S/C20H22ClN3O4/c1-22-20(25)15-8-9-17(18(11-15)24(26)27)23-10-4-5-14(12-23)13-28-19-7-3-2-6-16(19)21/h2-3,6-9,11,14H,4-5,10,12-13H2,1H3,(H,22,25). The van der Waals surface area contributed by atoms with Gasteiger partial charge in [0.25, 0.3) is 11.6 Å². The summed E-state index contributed by atoms with van der Waals surface area (Å²) in [5, 5.41) is 14.6. The van der Waals surface area contributed by atoms with Gasteiger partial charge in [0.15, 0.2) is 0 Å². The lowest BCUT2D eigenvalue weighted by atomic mass is 9.98. The van der Waals surface area contributed by atoms with Crippen LogP contribution in [0.5, 0.6) is 5.75 Å². The summed E-state index contributed by atoms with van der Waals surface area (Å²) in [6.07, 6.45) is 1.88. The molecule has 28 heavy (non-hydrogen) atoms. The Bertz CT molecular complexity index is 874. The normalized spacial score (nSPS) is 16.5. The molecule has 1 aliphatic heterocycles. The van der Waals surface area contributed by atoms with Crippen molar-refractivity contribution in [1.29, 1.82) is 0 Å². The van der Waals surface area contributed by atoms with Crippen LogP contribution in [0.4, 0.5) is 11.4 Å². The van der Waals surface area contributed by atoms with E-state index in [2.05, 4.69) is 5.32 Å². The number of hydrogen-bond donors (Lipinski definition) is 1. The van der Waals surface area contributed by atoms with Crippen LogP contribution in [-0.4, -0.2) is 37.6 Å². The Hall–Kier alpha value is -2.80. The van der Waals surface area contributed by atoms with Crippen molar-refractivity contribution in [3.8, 4) is 5.75 Å². The molecule has 3 rings (SSSR count). The van der Waals surface area contributed by atoms with Crippen molar-refractivity contribution in [2.75, 3.05) is 31.6 Å². The van der Waals surface area contributed by atoms with Crippen LogP contribution < -0.4 is 15.0 Å². The molecule has 2 aromatic rings. The average molecular weight is 404 g/mol. The SMILES string of the molecule is CNC(=O)c1ccc(N2CCCC(COc3ccccc3Cl)C2)c([N+](=O)[O-])c1. The van der Waals surface area contributed by atoms with Crippen molar-refractivity contribution in [1.82, 2.24) is 5.32 Å². The highest BCUT2D eigenvalue weighted by Crippen LogP contribution is 2.33. The van der Waals surface area contributed by atoms with Crippen LogP contribution in [0.2, 0.25) is 5.02 Å². The Morgan fingerprint density at radius 2 is 2.14 bits per heavy atom. The zero-order valence-corrected chi connectivity index (χ0v) is 16.3. The minimum atomic E-state index is -0.439. The van der Waals surface area contributed by atoms with Crippen molar-refractivity contribution in [2.24, 2.45) is 5.92 Å². The fourth-order valence-electron chi connectivity index (χ4n) is 3.41. The molecule has 1 amide bonds. The molecule has 0 aromatic heterocycles. The first-order valence-electron chi connectivity index (χ1n) is 9.12. The van der Waals surface area contributed by atoms with E-state index in [1.54, 1.807) is 18.2 Å². The molecule has 0 saturated carbocycles. The van der Waals surface area contributed by atoms with E-state index in [0.29, 0.717) is 29.6 Å². The molecular weight excluding hydrogens is 382 g/mol. The predicted octanol–water partition coefficient (Wildman–Crippen LogP) is 3.90. The minimum absolute atomic E-state index is 0.0613. The highest BCUT2D eigenvalue weighted by atomic mass is 35.5. The molecule has 7 nitrogen and oxygen atoms in total. The van der Waals surface area contributed by atoms with E-state index in [4.69, 9.17) is 16.3 Å². The first-order chi connectivity index (χ1) is 13.5. The number of benzene rings is 2. The molecule has 1 saturated heterocycles. The van der Waals surface area contributed by atoms with Crippen molar-refractivity contribution in [3.05, 3.63) is 63.2 Å². The van der Waals surface area contributed by atoms with E-state index in [0.717, 1.165) is 19.4 Å². The Kier molecular flexibility index (Phi) is 6.36. The topological polar surface area (TPSA) is 84.7 Å².